The van der Waals surface area contributed by atoms with E-state index >= 15 is 0 Å². The van der Waals surface area contributed by atoms with Crippen LogP contribution in [0.3, 0.4) is 0 Å². The second kappa shape index (κ2) is 7.70. The first-order valence-corrected chi connectivity index (χ1v) is 9.79. The van der Waals surface area contributed by atoms with Gasteiger partial charge in [-0.05, 0) is 26.7 Å². The van der Waals surface area contributed by atoms with E-state index in [2.05, 4.69) is 25.9 Å². The van der Waals surface area contributed by atoms with Crippen LogP contribution in [0.5, 0.6) is 0 Å². The fourth-order valence-corrected chi connectivity index (χ4v) is 4.01. The van der Waals surface area contributed by atoms with Crippen LogP contribution in [0.25, 0.3) is 0 Å². The van der Waals surface area contributed by atoms with Crippen molar-refractivity contribution in [3.05, 3.63) is 16.1 Å². The zero-order chi connectivity index (χ0) is 17.9. The molecule has 7 nitrogen and oxygen atoms in total. The molecular weight excluding hydrogens is 338 g/mol. The first-order valence-electron chi connectivity index (χ1n) is 8.91. The molecule has 0 bridgehead atoms. The van der Waals surface area contributed by atoms with Gasteiger partial charge in [0.05, 0.1) is 16.2 Å². The number of hydrogen-bond acceptors (Lipinski definition) is 5. The maximum Gasteiger partial charge on any atom is 0.317 e. The minimum atomic E-state index is -0.312. The fraction of sp³-hybridized carbons (Fsp3) is 0.706. The van der Waals surface area contributed by atoms with Gasteiger partial charge in [0.2, 0.25) is 5.91 Å². The van der Waals surface area contributed by atoms with Crippen LogP contribution in [0.4, 0.5) is 4.79 Å². The van der Waals surface area contributed by atoms with Gasteiger partial charge in [0.25, 0.3) is 0 Å². The maximum atomic E-state index is 12.5. The van der Waals surface area contributed by atoms with Crippen LogP contribution >= 0.6 is 11.3 Å². The highest BCUT2D eigenvalue weighted by atomic mass is 32.1. The molecule has 0 aliphatic carbocycles. The zero-order valence-corrected chi connectivity index (χ0v) is 15.8. The molecule has 2 N–H and O–H groups in total. The lowest BCUT2D eigenvalue weighted by Gasteiger charge is -2.27. The minimum Gasteiger partial charge on any atom is -0.349 e. The Hall–Kier alpha value is -1.67. The molecule has 0 saturated carbocycles. The summed E-state index contributed by atoms with van der Waals surface area (Å²) in [5.74, 6) is 0.0689. The van der Waals surface area contributed by atoms with Crippen LogP contribution in [0, 0.1) is 6.92 Å². The van der Waals surface area contributed by atoms with Crippen molar-refractivity contribution in [2.24, 2.45) is 0 Å². The van der Waals surface area contributed by atoms with Crippen molar-refractivity contribution in [1.82, 2.24) is 25.4 Å². The normalized spacial score (nSPS) is 24.9. The van der Waals surface area contributed by atoms with E-state index < -0.39 is 0 Å². The molecule has 0 aromatic carbocycles. The minimum absolute atomic E-state index is 0.0336. The van der Waals surface area contributed by atoms with Gasteiger partial charge in [-0.15, -0.1) is 11.3 Å². The number of hydrogen-bond donors (Lipinski definition) is 2. The highest BCUT2D eigenvalue weighted by molar-refractivity contribution is 7.09. The predicted molar refractivity (Wildman–Crippen MR) is 97.5 cm³/mol. The van der Waals surface area contributed by atoms with Crippen molar-refractivity contribution in [3.8, 4) is 0 Å². The molecule has 3 amide bonds. The number of nitrogens with one attached hydrogen (secondary N) is 2. The first kappa shape index (κ1) is 18.1. The number of amides is 3. The summed E-state index contributed by atoms with van der Waals surface area (Å²) in [6.07, 6.45) is 2.28. The Balaban J connectivity index is 1.45. The van der Waals surface area contributed by atoms with E-state index in [1.165, 1.54) is 0 Å². The summed E-state index contributed by atoms with van der Waals surface area (Å²) in [6, 6.07) is -0.0336. The zero-order valence-electron chi connectivity index (χ0n) is 15.0. The third kappa shape index (κ3) is 4.92. The largest absolute Gasteiger partial charge is 0.349 e. The number of carbonyl (C=O) groups excluding carboxylic acids is 2. The predicted octanol–water partition coefficient (Wildman–Crippen LogP) is 1.34. The summed E-state index contributed by atoms with van der Waals surface area (Å²) in [6.45, 7) is 8.67. The van der Waals surface area contributed by atoms with E-state index in [0.717, 1.165) is 56.3 Å². The molecule has 2 saturated heterocycles. The van der Waals surface area contributed by atoms with E-state index in [4.69, 9.17) is 0 Å². The lowest BCUT2D eigenvalue weighted by atomic mass is 10.0. The molecule has 25 heavy (non-hydrogen) atoms. The molecule has 1 aromatic heterocycles. The number of rotatable bonds is 4. The molecule has 138 valence electrons. The second-order valence-electron chi connectivity index (χ2n) is 7.24. The van der Waals surface area contributed by atoms with Gasteiger partial charge in [-0.1, -0.05) is 0 Å². The Morgan fingerprint density at radius 3 is 2.92 bits per heavy atom. The average Bonchev–Trinajstić information content (AvgIpc) is 3.04. The Morgan fingerprint density at radius 1 is 1.40 bits per heavy atom. The summed E-state index contributed by atoms with van der Waals surface area (Å²) in [7, 11) is 0. The summed E-state index contributed by atoms with van der Waals surface area (Å²) >= 11 is 1.68. The maximum absolute atomic E-state index is 12.5. The van der Waals surface area contributed by atoms with E-state index in [1.54, 1.807) is 11.3 Å². The number of thiazole rings is 1. The lowest BCUT2D eigenvalue weighted by molar-refractivity contribution is -0.119. The third-order valence-corrected chi connectivity index (χ3v) is 5.73. The van der Waals surface area contributed by atoms with Gasteiger partial charge in [0.15, 0.2) is 0 Å². The lowest BCUT2D eigenvalue weighted by Crippen LogP contribution is -2.51. The highest BCUT2D eigenvalue weighted by Gasteiger charge is 2.33. The number of aryl methyl sites for hydroxylation is 1. The Bertz CT molecular complexity index is 634. The van der Waals surface area contributed by atoms with Gasteiger partial charge in [0, 0.05) is 51.1 Å². The fourth-order valence-electron chi connectivity index (χ4n) is 3.41. The van der Waals surface area contributed by atoms with Gasteiger partial charge in [-0.3, -0.25) is 9.69 Å². The molecule has 2 aliphatic heterocycles. The summed E-state index contributed by atoms with van der Waals surface area (Å²) in [5, 5.41) is 9.15. The van der Waals surface area contributed by atoms with E-state index in [-0.39, 0.29) is 17.5 Å². The van der Waals surface area contributed by atoms with Crippen LogP contribution in [-0.4, -0.2) is 65.0 Å². The quantitative estimate of drug-likeness (QED) is 0.844. The van der Waals surface area contributed by atoms with E-state index in [1.807, 2.05) is 18.7 Å². The second-order valence-corrected chi connectivity index (χ2v) is 8.30. The Kier molecular flexibility index (Phi) is 5.58. The molecule has 1 atom stereocenters. The molecule has 1 unspecified atom stereocenters. The van der Waals surface area contributed by atoms with Gasteiger partial charge < -0.3 is 15.5 Å². The van der Waals surface area contributed by atoms with Crippen LogP contribution in [0.15, 0.2) is 5.38 Å². The van der Waals surface area contributed by atoms with Crippen molar-refractivity contribution in [2.45, 2.75) is 45.2 Å². The third-order valence-electron chi connectivity index (χ3n) is 4.90. The SMILES string of the molecule is Cc1nc(CN2CCCN(C(=O)NCC3(C)CCC(=O)N3)CC2)cs1. The number of nitrogens with zero attached hydrogens (tertiary/aromatic N) is 3. The summed E-state index contributed by atoms with van der Waals surface area (Å²) < 4.78 is 0. The van der Waals surface area contributed by atoms with Crippen molar-refractivity contribution >= 4 is 23.3 Å². The van der Waals surface area contributed by atoms with E-state index in [0.29, 0.717) is 13.0 Å². The standard InChI is InChI=1S/C17H27N5O2S/c1-13-19-14(11-25-13)10-21-6-3-7-22(9-8-21)16(24)18-12-17(2)5-4-15(23)20-17/h11H,3-10,12H2,1-2H3,(H,18,24)(H,20,23). The molecule has 2 aliphatic rings. The number of urea groups is 1. The Labute approximate surface area is 152 Å². The molecular formula is C17H27N5O2S. The van der Waals surface area contributed by atoms with Crippen molar-refractivity contribution in [2.75, 3.05) is 32.7 Å². The molecule has 0 spiro atoms. The molecule has 3 heterocycles. The van der Waals surface area contributed by atoms with Crippen LogP contribution in [0.1, 0.15) is 36.9 Å². The Morgan fingerprint density at radius 2 is 2.24 bits per heavy atom. The molecule has 0 radical (unpaired) electrons. The van der Waals surface area contributed by atoms with Gasteiger partial charge >= 0.3 is 6.03 Å². The molecule has 1 aromatic rings. The first-order chi connectivity index (χ1) is 11.9. The summed E-state index contributed by atoms with van der Waals surface area (Å²) in [4.78, 5) is 32.6. The van der Waals surface area contributed by atoms with Gasteiger partial charge in [-0.25, -0.2) is 9.78 Å². The van der Waals surface area contributed by atoms with Crippen molar-refractivity contribution in [3.63, 3.8) is 0 Å². The van der Waals surface area contributed by atoms with Gasteiger partial charge in [-0.2, -0.15) is 0 Å². The number of carbonyl (C=O) groups is 2. The monoisotopic (exact) mass is 365 g/mol. The smallest absolute Gasteiger partial charge is 0.317 e. The van der Waals surface area contributed by atoms with Crippen LogP contribution in [0.2, 0.25) is 0 Å². The van der Waals surface area contributed by atoms with Crippen LogP contribution in [-0.2, 0) is 11.3 Å². The van der Waals surface area contributed by atoms with E-state index in [9.17, 15) is 9.59 Å². The highest BCUT2D eigenvalue weighted by Crippen LogP contribution is 2.18. The van der Waals surface area contributed by atoms with Gasteiger partial charge in [0.1, 0.15) is 0 Å². The van der Waals surface area contributed by atoms with Crippen molar-refractivity contribution in [1.29, 1.82) is 0 Å². The topological polar surface area (TPSA) is 77.6 Å². The number of aromatic nitrogens is 1. The average molecular weight is 366 g/mol. The molecule has 8 heteroatoms. The molecule has 3 rings (SSSR count). The van der Waals surface area contributed by atoms with Crippen molar-refractivity contribution < 1.29 is 9.59 Å². The van der Waals surface area contributed by atoms with Crippen LogP contribution < -0.4 is 10.6 Å². The summed E-state index contributed by atoms with van der Waals surface area (Å²) in [5.41, 5.74) is 0.804. The molecule has 2 fully saturated rings.